The van der Waals surface area contributed by atoms with Gasteiger partial charge in [0.05, 0.1) is 5.69 Å². The van der Waals surface area contributed by atoms with Gasteiger partial charge in [-0.3, -0.25) is 9.71 Å². The van der Waals surface area contributed by atoms with Crippen molar-refractivity contribution in [2.45, 2.75) is 0 Å². The van der Waals surface area contributed by atoms with Gasteiger partial charge < -0.3 is 5.73 Å². The second-order valence-corrected chi connectivity index (χ2v) is 4.52. The minimum atomic E-state index is -3.83. The molecule has 0 radical (unpaired) electrons. The molecule has 0 saturated carbocycles. The van der Waals surface area contributed by atoms with E-state index in [2.05, 4.69) is 0 Å². The van der Waals surface area contributed by atoms with Gasteiger partial charge in [-0.05, 0) is 12.1 Å². The predicted molar refractivity (Wildman–Crippen MR) is 59.0 cm³/mol. The third-order valence-corrected chi connectivity index (χ3v) is 2.88. The molecule has 0 aliphatic carbocycles. The molecule has 0 unspecified atom stereocenters. The molecule has 1 rings (SSSR count). The monoisotopic (exact) mass is 228 g/mol. The first-order chi connectivity index (χ1) is 6.84. The maximum absolute atomic E-state index is 11.1. The van der Waals surface area contributed by atoms with Gasteiger partial charge in [0.1, 0.15) is 5.84 Å². The van der Waals surface area contributed by atoms with Gasteiger partial charge in [-0.1, -0.05) is 12.1 Å². The Morgan fingerprint density at radius 2 is 1.93 bits per heavy atom. The van der Waals surface area contributed by atoms with E-state index in [0.29, 0.717) is 5.56 Å². The minimum absolute atomic E-state index is 0.207. The molecule has 15 heavy (non-hydrogen) atoms. The molecule has 0 atom stereocenters. The summed E-state index contributed by atoms with van der Waals surface area (Å²) in [6.45, 7) is 0. The molecule has 82 valence electrons. The average Bonchev–Trinajstić information content (AvgIpc) is 2.15. The molecule has 0 saturated heterocycles. The highest BCUT2D eigenvalue weighted by molar-refractivity contribution is 7.90. The third kappa shape index (κ3) is 2.45. The highest BCUT2D eigenvalue weighted by Crippen LogP contribution is 2.19. The van der Waals surface area contributed by atoms with E-state index in [9.17, 15) is 8.42 Å². The van der Waals surface area contributed by atoms with Crippen molar-refractivity contribution in [3.8, 4) is 0 Å². The molecule has 6 nitrogen and oxygen atoms in total. The van der Waals surface area contributed by atoms with Crippen molar-refractivity contribution in [1.29, 1.82) is 5.41 Å². The Hall–Kier alpha value is -1.60. The highest BCUT2D eigenvalue weighted by atomic mass is 32.2. The van der Waals surface area contributed by atoms with E-state index in [1.807, 2.05) is 0 Å². The van der Waals surface area contributed by atoms with Crippen LogP contribution in [0.15, 0.2) is 24.3 Å². The number of anilines is 1. The van der Waals surface area contributed by atoms with E-state index in [-0.39, 0.29) is 11.5 Å². The standard InChI is InChI=1S/C8H12N4O2S/c1-12(15(11,13)14)7-5-3-2-4-6(7)8(9)10/h2-5H,1H3,(H3,9,10)(H2,11,13,14). The van der Waals surface area contributed by atoms with Gasteiger partial charge in [-0.15, -0.1) is 0 Å². The topological polar surface area (TPSA) is 113 Å². The fraction of sp³-hybridized carbons (Fsp3) is 0.125. The Morgan fingerprint density at radius 3 is 2.40 bits per heavy atom. The summed E-state index contributed by atoms with van der Waals surface area (Å²) in [5.74, 6) is -0.207. The number of benzene rings is 1. The molecular formula is C8H12N4O2S. The lowest BCUT2D eigenvalue weighted by molar-refractivity contribution is 0.596. The predicted octanol–water partition coefficient (Wildman–Crippen LogP) is -0.390. The summed E-state index contributed by atoms with van der Waals surface area (Å²) in [6.07, 6.45) is 0. The zero-order chi connectivity index (χ0) is 11.6. The molecule has 5 N–H and O–H groups in total. The van der Waals surface area contributed by atoms with Crippen LogP contribution in [0.25, 0.3) is 0 Å². The van der Waals surface area contributed by atoms with E-state index < -0.39 is 10.2 Å². The van der Waals surface area contributed by atoms with Crippen molar-refractivity contribution in [2.75, 3.05) is 11.4 Å². The Labute approximate surface area is 88.2 Å². The molecule has 0 aliphatic rings. The van der Waals surface area contributed by atoms with Crippen LogP contribution < -0.4 is 15.2 Å². The van der Waals surface area contributed by atoms with Crippen LogP contribution in [0.5, 0.6) is 0 Å². The molecule has 0 bridgehead atoms. The van der Waals surface area contributed by atoms with Gasteiger partial charge in [0.25, 0.3) is 10.2 Å². The van der Waals surface area contributed by atoms with E-state index >= 15 is 0 Å². The minimum Gasteiger partial charge on any atom is -0.384 e. The van der Waals surface area contributed by atoms with Crippen molar-refractivity contribution in [2.24, 2.45) is 10.9 Å². The second-order valence-electron chi connectivity index (χ2n) is 2.94. The number of hydrogen-bond acceptors (Lipinski definition) is 3. The summed E-state index contributed by atoms with van der Waals surface area (Å²) in [5.41, 5.74) is 5.93. The van der Waals surface area contributed by atoms with Crippen LogP contribution in [0.4, 0.5) is 5.69 Å². The molecule has 1 aromatic carbocycles. The molecule has 0 aromatic heterocycles. The van der Waals surface area contributed by atoms with Crippen LogP contribution in [-0.2, 0) is 10.2 Å². The average molecular weight is 228 g/mol. The van der Waals surface area contributed by atoms with Crippen LogP contribution in [-0.4, -0.2) is 21.3 Å². The van der Waals surface area contributed by atoms with Gasteiger partial charge >= 0.3 is 0 Å². The Balaban J connectivity index is 3.32. The molecule has 0 fully saturated rings. The van der Waals surface area contributed by atoms with Crippen molar-refractivity contribution < 1.29 is 8.42 Å². The largest absolute Gasteiger partial charge is 0.384 e. The number of nitrogens with two attached hydrogens (primary N) is 2. The summed E-state index contributed by atoms with van der Waals surface area (Å²) in [7, 11) is -2.53. The Kier molecular flexibility index (Phi) is 2.96. The number of nitrogens with one attached hydrogen (secondary N) is 1. The normalized spacial score (nSPS) is 11.1. The van der Waals surface area contributed by atoms with E-state index in [4.69, 9.17) is 16.3 Å². The van der Waals surface area contributed by atoms with Crippen molar-refractivity contribution in [3.63, 3.8) is 0 Å². The molecule has 1 aromatic rings. The molecular weight excluding hydrogens is 216 g/mol. The summed E-state index contributed by atoms with van der Waals surface area (Å²) < 4.78 is 23.1. The first-order valence-corrected chi connectivity index (χ1v) is 5.54. The first-order valence-electron chi connectivity index (χ1n) is 4.04. The van der Waals surface area contributed by atoms with Crippen LogP contribution in [0.2, 0.25) is 0 Å². The lowest BCUT2D eigenvalue weighted by Gasteiger charge is -2.18. The van der Waals surface area contributed by atoms with Crippen LogP contribution >= 0.6 is 0 Å². The SMILES string of the molecule is CN(c1ccccc1C(=N)N)S(N)(=O)=O. The number of rotatable bonds is 3. The molecule has 0 amide bonds. The van der Waals surface area contributed by atoms with Crippen LogP contribution in [0, 0.1) is 5.41 Å². The number of amidine groups is 1. The zero-order valence-corrected chi connectivity index (χ0v) is 8.95. The summed E-state index contributed by atoms with van der Waals surface area (Å²) in [4.78, 5) is 0. The van der Waals surface area contributed by atoms with Gasteiger partial charge in [0.15, 0.2) is 0 Å². The summed E-state index contributed by atoms with van der Waals surface area (Å²) in [6, 6.07) is 6.39. The molecule has 0 heterocycles. The summed E-state index contributed by atoms with van der Waals surface area (Å²) in [5, 5.41) is 12.3. The number of hydrogen-bond donors (Lipinski definition) is 3. The quantitative estimate of drug-likeness (QED) is 0.483. The number of nitrogen functional groups attached to an aromatic ring is 1. The Bertz CT molecular complexity index is 483. The van der Waals surface area contributed by atoms with Gasteiger partial charge in [0.2, 0.25) is 0 Å². The van der Waals surface area contributed by atoms with Crippen LogP contribution in [0.3, 0.4) is 0 Å². The second kappa shape index (κ2) is 3.87. The smallest absolute Gasteiger partial charge is 0.298 e. The molecule has 0 aliphatic heterocycles. The number of nitrogens with zero attached hydrogens (tertiary/aromatic N) is 1. The van der Waals surface area contributed by atoms with Crippen molar-refractivity contribution >= 4 is 21.7 Å². The van der Waals surface area contributed by atoms with Crippen molar-refractivity contribution in [1.82, 2.24) is 0 Å². The van der Waals surface area contributed by atoms with Crippen molar-refractivity contribution in [3.05, 3.63) is 29.8 Å². The highest BCUT2D eigenvalue weighted by Gasteiger charge is 2.16. The number of para-hydroxylation sites is 1. The lowest BCUT2D eigenvalue weighted by atomic mass is 10.1. The lowest BCUT2D eigenvalue weighted by Crippen LogP contribution is -2.34. The van der Waals surface area contributed by atoms with E-state index in [0.717, 1.165) is 4.31 Å². The van der Waals surface area contributed by atoms with Gasteiger partial charge in [-0.25, -0.2) is 5.14 Å². The van der Waals surface area contributed by atoms with E-state index in [1.54, 1.807) is 18.2 Å². The maximum Gasteiger partial charge on any atom is 0.298 e. The fourth-order valence-corrected chi connectivity index (χ4v) is 1.55. The van der Waals surface area contributed by atoms with Crippen LogP contribution in [0.1, 0.15) is 5.56 Å². The Morgan fingerprint density at radius 1 is 1.40 bits per heavy atom. The summed E-state index contributed by atoms with van der Waals surface area (Å²) >= 11 is 0. The molecule has 7 heteroatoms. The van der Waals surface area contributed by atoms with E-state index in [1.165, 1.54) is 13.1 Å². The molecule has 0 spiro atoms. The third-order valence-electron chi connectivity index (χ3n) is 1.92. The zero-order valence-electron chi connectivity index (χ0n) is 8.14. The first kappa shape index (κ1) is 11.5. The van der Waals surface area contributed by atoms with Gasteiger partial charge in [0, 0.05) is 12.6 Å². The van der Waals surface area contributed by atoms with Gasteiger partial charge in [-0.2, -0.15) is 8.42 Å². The maximum atomic E-state index is 11.1. The fourth-order valence-electron chi connectivity index (χ4n) is 1.11.